The van der Waals surface area contributed by atoms with Crippen molar-refractivity contribution in [2.75, 3.05) is 19.7 Å². The maximum atomic E-state index is 12.1. The Hall–Kier alpha value is -1.77. The van der Waals surface area contributed by atoms with Crippen molar-refractivity contribution >= 4 is 12.1 Å². The van der Waals surface area contributed by atoms with Gasteiger partial charge in [-0.25, -0.2) is 4.79 Å². The number of carbonyl (C=O) groups is 2. The number of amides is 1. The molecule has 0 atom stereocenters. The highest BCUT2D eigenvalue weighted by Gasteiger charge is 2.44. The largest absolute Gasteiger partial charge is 0.466 e. The van der Waals surface area contributed by atoms with Gasteiger partial charge < -0.3 is 14.4 Å². The summed E-state index contributed by atoms with van der Waals surface area (Å²) in [6, 6.07) is 2.06. The number of esters is 1. The molecule has 0 unspecified atom stereocenters. The van der Waals surface area contributed by atoms with Crippen LogP contribution in [-0.4, -0.2) is 42.3 Å². The molecule has 21 heavy (non-hydrogen) atoms. The Labute approximate surface area is 126 Å². The number of nitrogens with zero attached hydrogens (tertiary/aromatic N) is 2. The number of likely N-dealkylation sites (tertiary alicyclic amines) is 1. The standard InChI is InChI=1S/C15H24N2O4/c1-5-20-12(18)15(6-9-16)7-10-17(11-8-15)13(19)21-14(2,3)4/h5-8,10-11H2,1-4H3. The normalized spacial score (nSPS) is 17.8. The monoisotopic (exact) mass is 296 g/mol. The van der Waals surface area contributed by atoms with Crippen molar-refractivity contribution in [1.82, 2.24) is 4.90 Å². The van der Waals surface area contributed by atoms with E-state index in [0.29, 0.717) is 32.5 Å². The first kappa shape index (κ1) is 17.3. The van der Waals surface area contributed by atoms with Crippen molar-refractivity contribution in [2.24, 2.45) is 5.41 Å². The van der Waals surface area contributed by atoms with Crippen LogP contribution in [0.4, 0.5) is 4.79 Å². The summed E-state index contributed by atoms with van der Waals surface area (Å²) >= 11 is 0. The van der Waals surface area contributed by atoms with Crippen LogP contribution >= 0.6 is 0 Å². The minimum Gasteiger partial charge on any atom is -0.466 e. The van der Waals surface area contributed by atoms with Gasteiger partial charge in [-0.2, -0.15) is 5.26 Å². The van der Waals surface area contributed by atoms with Crippen molar-refractivity contribution in [1.29, 1.82) is 5.26 Å². The fourth-order valence-corrected chi connectivity index (χ4v) is 2.33. The summed E-state index contributed by atoms with van der Waals surface area (Å²) in [7, 11) is 0. The number of ether oxygens (including phenoxy) is 2. The first-order valence-corrected chi connectivity index (χ1v) is 7.26. The first-order valence-electron chi connectivity index (χ1n) is 7.26. The van der Waals surface area contributed by atoms with E-state index in [1.165, 1.54) is 0 Å². The topological polar surface area (TPSA) is 79.6 Å². The Bertz CT molecular complexity index is 426. The van der Waals surface area contributed by atoms with Gasteiger partial charge in [-0.15, -0.1) is 0 Å². The van der Waals surface area contributed by atoms with Crippen molar-refractivity contribution in [3.8, 4) is 6.07 Å². The second kappa shape index (κ2) is 6.79. The van der Waals surface area contributed by atoms with Crippen LogP contribution in [0.5, 0.6) is 0 Å². The molecular weight excluding hydrogens is 272 g/mol. The van der Waals surface area contributed by atoms with E-state index in [1.54, 1.807) is 11.8 Å². The molecule has 0 aromatic heterocycles. The number of carbonyl (C=O) groups excluding carboxylic acids is 2. The fourth-order valence-electron chi connectivity index (χ4n) is 2.33. The third-order valence-electron chi connectivity index (χ3n) is 3.50. The van der Waals surface area contributed by atoms with E-state index in [4.69, 9.17) is 14.7 Å². The van der Waals surface area contributed by atoms with Crippen LogP contribution in [0.3, 0.4) is 0 Å². The zero-order chi connectivity index (χ0) is 16.1. The molecule has 1 aliphatic heterocycles. The lowest BCUT2D eigenvalue weighted by Gasteiger charge is -2.38. The lowest BCUT2D eigenvalue weighted by atomic mass is 9.76. The second-order valence-corrected chi connectivity index (χ2v) is 6.30. The van der Waals surface area contributed by atoms with E-state index in [9.17, 15) is 9.59 Å². The molecule has 0 aromatic rings. The fraction of sp³-hybridized carbons (Fsp3) is 0.800. The first-order chi connectivity index (χ1) is 9.74. The molecule has 0 bridgehead atoms. The number of nitriles is 1. The van der Waals surface area contributed by atoms with Gasteiger partial charge in [0.1, 0.15) is 5.60 Å². The summed E-state index contributed by atoms with van der Waals surface area (Å²) in [6.45, 7) is 8.27. The third kappa shape index (κ3) is 4.62. The lowest BCUT2D eigenvalue weighted by Crippen LogP contribution is -2.48. The van der Waals surface area contributed by atoms with Crippen LogP contribution in [0.15, 0.2) is 0 Å². The van der Waals surface area contributed by atoms with Crippen molar-refractivity contribution in [3.05, 3.63) is 0 Å². The van der Waals surface area contributed by atoms with Gasteiger partial charge in [0, 0.05) is 13.1 Å². The average molecular weight is 296 g/mol. The Morgan fingerprint density at radius 2 is 1.86 bits per heavy atom. The minimum atomic E-state index is -0.788. The van der Waals surface area contributed by atoms with Gasteiger partial charge in [0.15, 0.2) is 0 Å². The number of hydrogen-bond acceptors (Lipinski definition) is 5. The molecule has 6 nitrogen and oxygen atoms in total. The molecule has 0 spiro atoms. The van der Waals surface area contributed by atoms with E-state index < -0.39 is 11.0 Å². The third-order valence-corrected chi connectivity index (χ3v) is 3.50. The van der Waals surface area contributed by atoms with E-state index in [2.05, 4.69) is 6.07 Å². The molecule has 1 saturated heterocycles. The maximum Gasteiger partial charge on any atom is 0.410 e. The molecule has 1 fully saturated rings. The second-order valence-electron chi connectivity index (χ2n) is 6.30. The zero-order valence-corrected chi connectivity index (χ0v) is 13.3. The summed E-state index contributed by atoms with van der Waals surface area (Å²) in [5, 5.41) is 8.97. The van der Waals surface area contributed by atoms with Gasteiger partial charge >= 0.3 is 12.1 Å². The Balaban J connectivity index is 2.69. The molecule has 6 heteroatoms. The van der Waals surface area contributed by atoms with Crippen LogP contribution < -0.4 is 0 Å². The summed E-state index contributed by atoms with van der Waals surface area (Å²) in [6.07, 6.45) is 0.600. The molecule has 0 N–H and O–H groups in total. The molecule has 0 radical (unpaired) electrons. The van der Waals surface area contributed by atoms with Gasteiger partial charge in [-0.3, -0.25) is 4.79 Å². The number of piperidine rings is 1. The van der Waals surface area contributed by atoms with Crippen LogP contribution in [0.25, 0.3) is 0 Å². The van der Waals surface area contributed by atoms with Crippen LogP contribution in [0.1, 0.15) is 47.0 Å². The molecule has 1 amide bonds. The SMILES string of the molecule is CCOC(=O)C1(CC#N)CCN(C(=O)OC(C)(C)C)CC1. The highest BCUT2D eigenvalue weighted by atomic mass is 16.6. The molecule has 118 valence electrons. The van der Waals surface area contributed by atoms with Gasteiger partial charge in [0.2, 0.25) is 0 Å². The van der Waals surface area contributed by atoms with Crippen molar-refractivity contribution < 1.29 is 19.1 Å². The highest BCUT2D eigenvalue weighted by molar-refractivity contribution is 5.78. The summed E-state index contributed by atoms with van der Waals surface area (Å²) in [4.78, 5) is 25.7. The molecule has 0 saturated carbocycles. The predicted octanol–water partition coefficient (Wildman–Crippen LogP) is 2.48. The van der Waals surface area contributed by atoms with Gasteiger partial charge in [-0.05, 0) is 40.5 Å². The van der Waals surface area contributed by atoms with E-state index >= 15 is 0 Å². The highest BCUT2D eigenvalue weighted by Crippen LogP contribution is 2.36. The molecule has 1 aliphatic rings. The van der Waals surface area contributed by atoms with E-state index in [0.717, 1.165) is 0 Å². The quantitative estimate of drug-likeness (QED) is 0.747. The van der Waals surface area contributed by atoms with Crippen LogP contribution in [0.2, 0.25) is 0 Å². The summed E-state index contributed by atoms with van der Waals surface area (Å²) < 4.78 is 10.4. The average Bonchev–Trinajstić information content (AvgIpc) is 2.38. The van der Waals surface area contributed by atoms with Crippen molar-refractivity contribution in [3.63, 3.8) is 0 Å². The van der Waals surface area contributed by atoms with E-state index in [-0.39, 0.29) is 18.5 Å². The summed E-state index contributed by atoms with van der Waals surface area (Å²) in [5.74, 6) is -0.338. The molecule has 0 aromatic carbocycles. The van der Waals surface area contributed by atoms with Crippen molar-refractivity contribution in [2.45, 2.75) is 52.6 Å². The van der Waals surface area contributed by atoms with Gasteiger partial charge in [0.05, 0.1) is 24.5 Å². The molecular formula is C15H24N2O4. The Morgan fingerprint density at radius 3 is 2.29 bits per heavy atom. The molecule has 1 heterocycles. The van der Waals surface area contributed by atoms with Crippen LogP contribution in [0, 0.1) is 16.7 Å². The van der Waals surface area contributed by atoms with Gasteiger partial charge in [-0.1, -0.05) is 0 Å². The lowest BCUT2D eigenvalue weighted by molar-refractivity contribution is -0.158. The maximum absolute atomic E-state index is 12.1. The Kier molecular flexibility index (Phi) is 5.59. The molecule has 0 aliphatic carbocycles. The molecule has 1 rings (SSSR count). The number of hydrogen-bond donors (Lipinski definition) is 0. The van der Waals surface area contributed by atoms with Gasteiger partial charge in [0.25, 0.3) is 0 Å². The summed E-state index contributed by atoms with van der Waals surface area (Å²) in [5.41, 5.74) is -1.33. The minimum absolute atomic E-state index is 0.119. The zero-order valence-electron chi connectivity index (χ0n) is 13.3. The number of rotatable bonds is 3. The predicted molar refractivity (Wildman–Crippen MR) is 76.3 cm³/mol. The van der Waals surface area contributed by atoms with E-state index in [1.807, 2.05) is 20.8 Å². The van der Waals surface area contributed by atoms with Crippen LogP contribution in [-0.2, 0) is 14.3 Å². The Morgan fingerprint density at radius 1 is 1.29 bits per heavy atom. The smallest absolute Gasteiger partial charge is 0.410 e.